The normalized spacial score (nSPS) is 16.7. The van der Waals surface area contributed by atoms with Crippen LogP contribution in [-0.2, 0) is 16.2 Å². The number of phenols is 1. The van der Waals surface area contributed by atoms with E-state index < -0.39 is 17.7 Å². The number of ketones is 1. The van der Waals surface area contributed by atoms with E-state index in [0.717, 1.165) is 11.1 Å². The van der Waals surface area contributed by atoms with Gasteiger partial charge in [0.1, 0.15) is 18.1 Å². The van der Waals surface area contributed by atoms with Gasteiger partial charge in [0.25, 0.3) is 11.7 Å². The third-order valence-corrected chi connectivity index (χ3v) is 7.30. The summed E-state index contributed by atoms with van der Waals surface area (Å²) < 4.78 is 11.5. The Morgan fingerprint density at radius 1 is 1.08 bits per heavy atom. The van der Waals surface area contributed by atoms with Gasteiger partial charge >= 0.3 is 0 Å². The summed E-state index contributed by atoms with van der Waals surface area (Å²) in [4.78, 5) is 29.8. The number of Topliss-reactive ketones (excluding diaryl/α,β-unsaturated/α-hetero) is 1. The lowest BCUT2D eigenvalue weighted by Gasteiger charge is -2.27. The van der Waals surface area contributed by atoms with Gasteiger partial charge in [-0.2, -0.15) is 0 Å². The van der Waals surface area contributed by atoms with Crippen LogP contribution in [0.2, 0.25) is 0 Å². The number of benzene rings is 3. The van der Waals surface area contributed by atoms with Crippen LogP contribution in [0.15, 0.2) is 70.7 Å². The van der Waals surface area contributed by atoms with E-state index in [1.165, 1.54) is 12.0 Å². The number of hydrogen-bond acceptors (Lipinski definition) is 7. The van der Waals surface area contributed by atoms with Crippen LogP contribution in [0.1, 0.15) is 28.3 Å². The summed E-state index contributed by atoms with van der Waals surface area (Å²) in [6.07, 6.45) is 0. The maximum atomic E-state index is 13.3. The number of carbonyl (C=O) groups excluding carboxylic acids is 2. The van der Waals surface area contributed by atoms with E-state index in [1.54, 1.807) is 36.4 Å². The molecule has 8 nitrogen and oxygen atoms in total. The summed E-state index contributed by atoms with van der Waals surface area (Å²) >= 11 is 3.32. The van der Waals surface area contributed by atoms with Gasteiger partial charge in [-0.05, 0) is 90.0 Å². The Hall–Kier alpha value is -3.82. The second-order valence-corrected chi connectivity index (χ2v) is 10.4. The van der Waals surface area contributed by atoms with Gasteiger partial charge in [0.15, 0.2) is 11.5 Å². The number of aromatic hydroxyl groups is 1. The molecule has 1 saturated heterocycles. The third kappa shape index (κ3) is 5.94. The number of methoxy groups -OCH3 is 1. The number of ether oxygens (including phenoxy) is 2. The minimum Gasteiger partial charge on any atom is -0.507 e. The zero-order chi connectivity index (χ0) is 28.3. The molecule has 1 atom stereocenters. The lowest BCUT2D eigenvalue weighted by molar-refractivity contribution is -0.140. The fraction of sp³-hybridized carbons (Fsp3) is 0.267. The van der Waals surface area contributed by atoms with Crippen LogP contribution < -0.4 is 9.47 Å². The van der Waals surface area contributed by atoms with Crippen LogP contribution in [-0.4, -0.2) is 66.0 Å². The molecule has 1 amide bonds. The van der Waals surface area contributed by atoms with Crippen molar-refractivity contribution in [3.05, 3.63) is 93.0 Å². The summed E-state index contributed by atoms with van der Waals surface area (Å²) in [6.45, 7) is 3.18. The van der Waals surface area contributed by atoms with Crippen LogP contribution >= 0.6 is 15.9 Å². The number of nitrogens with zero attached hydrogens (tertiary/aromatic N) is 2. The van der Waals surface area contributed by atoms with Gasteiger partial charge < -0.3 is 29.5 Å². The summed E-state index contributed by atoms with van der Waals surface area (Å²) in [5.74, 6) is -1.10. The molecule has 9 heteroatoms. The number of likely N-dealkylation sites (tertiary alicyclic amines) is 1. The zero-order valence-electron chi connectivity index (χ0n) is 22.3. The van der Waals surface area contributed by atoms with Crippen LogP contribution in [0.25, 0.3) is 5.76 Å². The Kier molecular flexibility index (Phi) is 8.62. The molecule has 0 aromatic heterocycles. The highest BCUT2D eigenvalue weighted by Gasteiger charge is 2.46. The summed E-state index contributed by atoms with van der Waals surface area (Å²) in [7, 11) is 5.15. The van der Waals surface area contributed by atoms with E-state index in [-0.39, 0.29) is 29.4 Å². The van der Waals surface area contributed by atoms with Gasteiger partial charge in [0.05, 0.1) is 23.2 Å². The molecule has 39 heavy (non-hydrogen) atoms. The number of aryl methyl sites for hydroxylation is 1. The Morgan fingerprint density at radius 2 is 1.77 bits per heavy atom. The molecule has 2 N–H and O–H groups in total. The molecule has 0 saturated carbocycles. The molecule has 0 bridgehead atoms. The van der Waals surface area contributed by atoms with Crippen molar-refractivity contribution in [2.24, 2.45) is 0 Å². The standard InChI is InChI=1S/C30H31BrN2O6/c1-18-7-5-6-8-20(18)17-39-22-11-9-19(10-12-22)27(34)25-26(21-15-23(31)28(35)24(16-21)38-4)33(14-13-32(2)3)30(37)29(25)36/h5-12,15-16,26,34-35H,13-14,17H2,1-4H3. The maximum absolute atomic E-state index is 13.3. The fourth-order valence-electron chi connectivity index (χ4n) is 4.47. The van der Waals surface area contributed by atoms with Gasteiger partial charge in [-0.15, -0.1) is 0 Å². The quantitative estimate of drug-likeness (QED) is 0.203. The highest BCUT2D eigenvalue weighted by atomic mass is 79.9. The Morgan fingerprint density at radius 3 is 2.41 bits per heavy atom. The molecule has 1 fully saturated rings. The van der Waals surface area contributed by atoms with E-state index in [9.17, 15) is 19.8 Å². The monoisotopic (exact) mass is 594 g/mol. The summed E-state index contributed by atoms with van der Waals surface area (Å²) in [5, 5.41) is 21.7. The Labute approximate surface area is 236 Å². The van der Waals surface area contributed by atoms with E-state index >= 15 is 0 Å². The number of aliphatic hydroxyl groups excluding tert-OH is 1. The van der Waals surface area contributed by atoms with Gasteiger partial charge in [-0.1, -0.05) is 24.3 Å². The second-order valence-electron chi connectivity index (χ2n) is 9.59. The first-order valence-corrected chi connectivity index (χ1v) is 13.2. The second kappa shape index (κ2) is 11.9. The highest BCUT2D eigenvalue weighted by Crippen LogP contribution is 2.44. The van der Waals surface area contributed by atoms with Crippen molar-refractivity contribution in [2.75, 3.05) is 34.3 Å². The SMILES string of the molecule is COc1cc(C2C(=C(O)c3ccc(OCc4ccccc4C)cc3)C(=O)C(=O)N2CCN(C)C)cc(Br)c1O. The lowest BCUT2D eigenvalue weighted by Crippen LogP contribution is -2.35. The van der Waals surface area contributed by atoms with Crippen molar-refractivity contribution < 1.29 is 29.3 Å². The van der Waals surface area contributed by atoms with Crippen molar-refractivity contribution in [2.45, 2.75) is 19.6 Å². The molecule has 0 spiro atoms. The van der Waals surface area contributed by atoms with Crippen LogP contribution in [0, 0.1) is 6.92 Å². The van der Waals surface area contributed by atoms with Crippen molar-refractivity contribution in [1.29, 1.82) is 0 Å². The Balaban J connectivity index is 1.71. The Bertz CT molecular complexity index is 1420. The first kappa shape index (κ1) is 28.2. The van der Waals surface area contributed by atoms with Gasteiger partial charge in [-0.25, -0.2) is 0 Å². The van der Waals surface area contributed by atoms with Gasteiger partial charge in [0.2, 0.25) is 0 Å². The highest BCUT2D eigenvalue weighted by molar-refractivity contribution is 9.10. The number of halogens is 1. The number of aliphatic hydroxyl groups is 1. The third-order valence-electron chi connectivity index (χ3n) is 6.70. The lowest BCUT2D eigenvalue weighted by atomic mass is 9.95. The van der Waals surface area contributed by atoms with Crippen LogP contribution in [0.5, 0.6) is 17.2 Å². The molecular weight excluding hydrogens is 564 g/mol. The van der Waals surface area contributed by atoms with E-state index in [0.29, 0.717) is 34.5 Å². The van der Waals surface area contributed by atoms with Crippen LogP contribution in [0.4, 0.5) is 0 Å². The minimum atomic E-state index is -0.882. The number of amides is 1. The van der Waals surface area contributed by atoms with Crippen molar-refractivity contribution in [3.8, 4) is 17.2 Å². The first-order valence-electron chi connectivity index (χ1n) is 12.4. The number of rotatable bonds is 9. The van der Waals surface area contributed by atoms with Crippen LogP contribution in [0.3, 0.4) is 0 Å². The molecule has 1 unspecified atom stereocenters. The average molecular weight is 595 g/mol. The average Bonchev–Trinajstić information content (AvgIpc) is 3.17. The molecule has 0 radical (unpaired) electrons. The summed E-state index contributed by atoms with van der Waals surface area (Å²) in [6, 6.07) is 17.0. The first-order chi connectivity index (χ1) is 18.6. The predicted molar refractivity (Wildman–Crippen MR) is 152 cm³/mol. The van der Waals surface area contributed by atoms with E-state index in [4.69, 9.17) is 9.47 Å². The summed E-state index contributed by atoms with van der Waals surface area (Å²) in [5.41, 5.74) is 3.04. The number of phenolic OH excluding ortho intramolecular Hbond substituents is 1. The smallest absolute Gasteiger partial charge is 0.295 e. The minimum absolute atomic E-state index is 0.0352. The molecular formula is C30H31BrN2O6. The van der Waals surface area contributed by atoms with E-state index in [1.807, 2.05) is 50.2 Å². The fourth-order valence-corrected chi connectivity index (χ4v) is 4.93. The molecule has 4 rings (SSSR count). The number of carbonyl (C=O) groups is 2. The molecule has 3 aromatic rings. The molecule has 1 aliphatic heterocycles. The molecule has 1 aliphatic rings. The van der Waals surface area contributed by atoms with E-state index in [2.05, 4.69) is 15.9 Å². The molecule has 0 aliphatic carbocycles. The van der Waals surface area contributed by atoms with Crippen molar-refractivity contribution >= 4 is 33.4 Å². The maximum Gasteiger partial charge on any atom is 0.295 e. The van der Waals surface area contributed by atoms with Crippen molar-refractivity contribution in [3.63, 3.8) is 0 Å². The zero-order valence-corrected chi connectivity index (χ0v) is 23.9. The van der Waals surface area contributed by atoms with Gasteiger partial charge in [0, 0.05) is 18.7 Å². The topological polar surface area (TPSA) is 99.5 Å². The molecule has 1 heterocycles. The number of hydrogen-bond donors (Lipinski definition) is 2. The number of likely N-dealkylation sites (N-methyl/N-ethyl adjacent to an activating group) is 1. The predicted octanol–water partition coefficient (Wildman–Crippen LogP) is 5.03. The molecule has 204 valence electrons. The molecule has 3 aromatic carbocycles. The van der Waals surface area contributed by atoms with Crippen molar-refractivity contribution in [1.82, 2.24) is 9.80 Å². The van der Waals surface area contributed by atoms with Gasteiger partial charge in [-0.3, -0.25) is 9.59 Å². The largest absolute Gasteiger partial charge is 0.507 e.